The maximum Gasteiger partial charge on any atom is 0.259 e. The monoisotopic (exact) mass is 200 g/mol. The SMILES string of the molecule is C=C1C(=O)N(c2ccccn2)C/C1=C\C. The number of amides is 1. The third-order valence-corrected chi connectivity index (χ3v) is 2.49. The summed E-state index contributed by atoms with van der Waals surface area (Å²) < 4.78 is 0. The Morgan fingerprint density at radius 3 is 2.87 bits per heavy atom. The highest BCUT2D eigenvalue weighted by Crippen LogP contribution is 2.25. The van der Waals surface area contributed by atoms with E-state index in [4.69, 9.17) is 0 Å². The molecule has 0 spiro atoms. The van der Waals surface area contributed by atoms with Crippen LogP contribution >= 0.6 is 0 Å². The fourth-order valence-corrected chi connectivity index (χ4v) is 1.60. The lowest BCUT2D eigenvalue weighted by atomic mass is 10.1. The molecule has 0 bridgehead atoms. The van der Waals surface area contributed by atoms with Crippen LogP contribution in [0.3, 0.4) is 0 Å². The molecule has 1 aromatic heterocycles. The number of hydrogen-bond acceptors (Lipinski definition) is 2. The quantitative estimate of drug-likeness (QED) is 0.649. The van der Waals surface area contributed by atoms with Gasteiger partial charge in [-0.2, -0.15) is 0 Å². The first-order valence-electron chi connectivity index (χ1n) is 4.81. The number of anilines is 1. The molecular weight excluding hydrogens is 188 g/mol. The summed E-state index contributed by atoms with van der Waals surface area (Å²) in [5.41, 5.74) is 1.55. The molecule has 0 N–H and O–H groups in total. The number of rotatable bonds is 1. The Balaban J connectivity index is 2.35. The van der Waals surface area contributed by atoms with Crippen LogP contribution in [0.5, 0.6) is 0 Å². The van der Waals surface area contributed by atoms with E-state index >= 15 is 0 Å². The topological polar surface area (TPSA) is 33.2 Å². The summed E-state index contributed by atoms with van der Waals surface area (Å²) in [5, 5.41) is 0. The van der Waals surface area contributed by atoms with Crippen molar-refractivity contribution >= 4 is 11.7 Å². The molecule has 2 rings (SSSR count). The lowest BCUT2D eigenvalue weighted by Crippen LogP contribution is -2.25. The van der Waals surface area contributed by atoms with Crippen LogP contribution in [0.15, 0.2) is 48.2 Å². The fraction of sp³-hybridized carbons (Fsp3) is 0.167. The predicted molar refractivity (Wildman–Crippen MR) is 59.5 cm³/mol. The Labute approximate surface area is 88.7 Å². The number of allylic oxidation sites excluding steroid dienone is 1. The summed E-state index contributed by atoms with van der Waals surface area (Å²) in [6.45, 7) is 6.26. The molecule has 0 radical (unpaired) electrons. The molecule has 1 aliphatic heterocycles. The number of carbonyl (C=O) groups is 1. The number of carbonyl (C=O) groups excluding carboxylic acids is 1. The second kappa shape index (κ2) is 3.69. The standard InChI is InChI=1S/C12H12N2O/c1-3-10-8-14(12(15)9(10)2)11-6-4-5-7-13-11/h3-7H,2,8H2,1H3/b10-3+. The van der Waals surface area contributed by atoms with Crippen molar-refractivity contribution in [1.82, 2.24) is 4.98 Å². The van der Waals surface area contributed by atoms with E-state index in [-0.39, 0.29) is 5.91 Å². The van der Waals surface area contributed by atoms with Crippen molar-refractivity contribution in [2.45, 2.75) is 6.92 Å². The van der Waals surface area contributed by atoms with Gasteiger partial charge in [-0.15, -0.1) is 0 Å². The Kier molecular flexibility index (Phi) is 2.37. The van der Waals surface area contributed by atoms with Crippen molar-refractivity contribution in [2.24, 2.45) is 0 Å². The summed E-state index contributed by atoms with van der Waals surface area (Å²) in [7, 11) is 0. The molecule has 0 aromatic carbocycles. The van der Waals surface area contributed by atoms with Gasteiger partial charge in [0.05, 0.1) is 6.54 Å². The minimum absolute atomic E-state index is 0.0539. The van der Waals surface area contributed by atoms with E-state index in [0.717, 1.165) is 5.57 Å². The van der Waals surface area contributed by atoms with Crippen molar-refractivity contribution in [2.75, 3.05) is 11.4 Å². The summed E-state index contributed by atoms with van der Waals surface area (Å²) >= 11 is 0. The van der Waals surface area contributed by atoms with Crippen LogP contribution in [0, 0.1) is 0 Å². The maximum absolute atomic E-state index is 11.8. The summed E-state index contributed by atoms with van der Waals surface area (Å²) in [6, 6.07) is 5.52. The number of aromatic nitrogens is 1. The molecule has 3 nitrogen and oxygen atoms in total. The average Bonchev–Trinajstić information content (AvgIpc) is 2.57. The molecule has 0 unspecified atom stereocenters. The van der Waals surface area contributed by atoms with E-state index in [9.17, 15) is 4.79 Å². The van der Waals surface area contributed by atoms with Crippen molar-refractivity contribution < 1.29 is 4.79 Å². The Morgan fingerprint density at radius 1 is 1.53 bits per heavy atom. The van der Waals surface area contributed by atoms with Crippen molar-refractivity contribution in [3.63, 3.8) is 0 Å². The third kappa shape index (κ3) is 1.56. The summed E-state index contributed by atoms with van der Waals surface area (Å²) in [5.74, 6) is 0.627. The first-order chi connectivity index (χ1) is 7.24. The van der Waals surface area contributed by atoms with Crippen LogP contribution < -0.4 is 4.90 Å². The molecule has 1 amide bonds. The maximum atomic E-state index is 11.8. The molecule has 76 valence electrons. The van der Waals surface area contributed by atoms with Gasteiger partial charge in [0, 0.05) is 11.8 Å². The van der Waals surface area contributed by atoms with Crippen LogP contribution in [0.4, 0.5) is 5.82 Å². The number of pyridine rings is 1. The second-order valence-electron chi connectivity index (χ2n) is 3.37. The molecular formula is C12H12N2O. The second-order valence-corrected chi connectivity index (χ2v) is 3.37. The molecule has 0 saturated carbocycles. The zero-order valence-corrected chi connectivity index (χ0v) is 8.60. The van der Waals surface area contributed by atoms with Crippen LogP contribution in [-0.2, 0) is 4.79 Å². The molecule has 1 aliphatic rings. The Morgan fingerprint density at radius 2 is 2.33 bits per heavy atom. The van der Waals surface area contributed by atoms with Gasteiger partial charge in [-0.05, 0) is 24.6 Å². The number of nitrogens with zero attached hydrogens (tertiary/aromatic N) is 2. The van der Waals surface area contributed by atoms with Crippen LogP contribution in [-0.4, -0.2) is 17.4 Å². The molecule has 0 atom stereocenters. The Bertz CT molecular complexity index is 434. The largest absolute Gasteiger partial charge is 0.288 e. The van der Waals surface area contributed by atoms with Gasteiger partial charge in [0.25, 0.3) is 5.91 Å². The lowest BCUT2D eigenvalue weighted by Gasteiger charge is -2.12. The van der Waals surface area contributed by atoms with Crippen LogP contribution in [0.25, 0.3) is 0 Å². The average molecular weight is 200 g/mol. The Hall–Kier alpha value is -1.90. The van der Waals surface area contributed by atoms with Gasteiger partial charge in [0.2, 0.25) is 0 Å². The van der Waals surface area contributed by atoms with E-state index in [0.29, 0.717) is 17.9 Å². The first kappa shape index (κ1) is 9.65. The third-order valence-electron chi connectivity index (χ3n) is 2.49. The molecule has 1 saturated heterocycles. The molecule has 3 heteroatoms. The van der Waals surface area contributed by atoms with E-state index < -0.39 is 0 Å². The van der Waals surface area contributed by atoms with Gasteiger partial charge < -0.3 is 0 Å². The van der Waals surface area contributed by atoms with E-state index in [1.165, 1.54) is 0 Å². The van der Waals surface area contributed by atoms with Gasteiger partial charge in [-0.3, -0.25) is 9.69 Å². The predicted octanol–water partition coefficient (Wildman–Crippen LogP) is 1.93. The normalized spacial score (nSPS) is 19.0. The molecule has 1 fully saturated rings. The van der Waals surface area contributed by atoms with Crippen molar-refractivity contribution in [3.8, 4) is 0 Å². The van der Waals surface area contributed by atoms with Gasteiger partial charge in [0.1, 0.15) is 5.82 Å². The van der Waals surface area contributed by atoms with Crippen molar-refractivity contribution in [1.29, 1.82) is 0 Å². The van der Waals surface area contributed by atoms with Gasteiger partial charge >= 0.3 is 0 Å². The molecule has 1 aromatic rings. The van der Waals surface area contributed by atoms with Crippen molar-refractivity contribution in [3.05, 3.63) is 48.2 Å². The highest BCUT2D eigenvalue weighted by Gasteiger charge is 2.29. The fourth-order valence-electron chi connectivity index (χ4n) is 1.60. The van der Waals surface area contributed by atoms with Crippen LogP contribution in [0.1, 0.15) is 6.92 Å². The number of hydrogen-bond donors (Lipinski definition) is 0. The van der Waals surface area contributed by atoms with Gasteiger partial charge in [0.15, 0.2) is 0 Å². The molecule has 0 aliphatic carbocycles. The van der Waals surface area contributed by atoms with E-state index in [1.54, 1.807) is 11.1 Å². The highest BCUT2D eigenvalue weighted by molar-refractivity contribution is 6.11. The van der Waals surface area contributed by atoms with E-state index in [2.05, 4.69) is 11.6 Å². The van der Waals surface area contributed by atoms with Gasteiger partial charge in [-0.25, -0.2) is 4.98 Å². The molecule has 2 heterocycles. The highest BCUT2D eigenvalue weighted by atomic mass is 16.2. The zero-order valence-electron chi connectivity index (χ0n) is 8.60. The van der Waals surface area contributed by atoms with Crippen LogP contribution in [0.2, 0.25) is 0 Å². The smallest absolute Gasteiger partial charge is 0.259 e. The van der Waals surface area contributed by atoms with E-state index in [1.807, 2.05) is 31.2 Å². The molecule has 15 heavy (non-hydrogen) atoms. The zero-order chi connectivity index (χ0) is 10.8. The lowest BCUT2D eigenvalue weighted by molar-refractivity contribution is -0.114. The summed E-state index contributed by atoms with van der Waals surface area (Å²) in [6.07, 6.45) is 3.60. The van der Waals surface area contributed by atoms with Gasteiger partial charge in [-0.1, -0.05) is 18.7 Å². The minimum atomic E-state index is -0.0539. The first-order valence-corrected chi connectivity index (χ1v) is 4.81. The summed E-state index contributed by atoms with van der Waals surface area (Å²) in [4.78, 5) is 17.6. The minimum Gasteiger partial charge on any atom is -0.288 e.